The molecule has 0 radical (unpaired) electrons. The van der Waals surface area contributed by atoms with E-state index in [1.54, 1.807) is 0 Å². The van der Waals surface area contributed by atoms with Gasteiger partial charge in [0, 0.05) is 5.57 Å². The number of allylic oxidation sites excluding steroid dienone is 1. The first-order valence-corrected chi connectivity index (χ1v) is 5.74. The molecule has 0 atom stereocenters. The molecule has 0 aromatic heterocycles. The van der Waals surface area contributed by atoms with E-state index >= 15 is 0 Å². The Morgan fingerprint density at radius 1 is 1.47 bits per heavy atom. The number of nitrogens with zero attached hydrogens (tertiary/aromatic N) is 1. The van der Waals surface area contributed by atoms with Crippen LogP contribution in [0.1, 0.15) is 13.3 Å². The van der Waals surface area contributed by atoms with Gasteiger partial charge in [-0.15, -0.1) is 4.40 Å². The first-order valence-electron chi connectivity index (χ1n) is 3.89. The molecule has 2 N–H and O–H groups in total. The zero-order chi connectivity index (χ0) is 12.3. The molecular weight excluding hydrogens is 233 g/mol. The smallest absolute Gasteiger partial charge is 0.383 e. The number of rotatable bonds is 3. The van der Waals surface area contributed by atoms with Crippen molar-refractivity contribution in [3.63, 3.8) is 0 Å². The lowest BCUT2D eigenvalue weighted by atomic mass is 10.2. The van der Waals surface area contributed by atoms with Gasteiger partial charge in [0.15, 0.2) is 0 Å². The fourth-order valence-corrected chi connectivity index (χ4v) is 1.22. The molecule has 8 heteroatoms. The largest absolute Gasteiger partial charge is 0.412 e. The van der Waals surface area contributed by atoms with Crippen LogP contribution in [0.15, 0.2) is 16.0 Å². The van der Waals surface area contributed by atoms with Crippen LogP contribution in [0.3, 0.4) is 0 Å². The number of sulfonamides is 1. The van der Waals surface area contributed by atoms with Crippen LogP contribution in [0.4, 0.5) is 13.2 Å². The number of amidine groups is 1. The summed E-state index contributed by atoms with van der Waals surface area (Å²) in [5.41, 5.74) is 4.10. The molecule has 0 aromatic rings. The second-order valence-electron chi connectivity index (χ2n) is 2.77. The van der Waals surface area contributed by atoms with Gasteiger partial charge in [0.25, 0.3) is 10.0 Å². The molecule has 4 nitrogen and oxygen atoms in total. The Balaban J connectivity index is 5.13. The quantitative estimate of drug-likeness (QED) is 0.599. The maximum Gasteiger partial charge on any atom is 0.412 e. The van der Waals surface area contributed by atoms with Gasteiger partial charge in [-0.1, -0.05) is 6.92 Å². The average molecular weight is 244 g/mol. The molecule has 0 saturated heterocycles. The van der Waals surface area contributed by atoms with E-state index in [0.29, 0.717) is 6.08 Å². The Morgan fingerprint density at radius 2 is 1.93 bits per heavy atom. The van der Waals surface area contributed by atoms with Crippen molar-refractivity contribution in [2.24, 2.45) is 10.1 Å². The lowest BCUT2D eigenvalue weighted by Gasteiger charge is -2.08. The van der Waals surface area contributed by atoms with Crippen molar-refractivity contribution in [2.75, 3.05) is 6.26 Å². The highest BCUT2D eigenvalue weighted by molar-refractivity contribution is 7.89. The van der Waals surface area contributed by atoms with Crippen LogP contribution in [-0.2, 0) is 10.0 Å². The number of hydrogen-bond donors (Lipinski definition) is 1. The molecule has 0 aliphatic heterocycles. The summed E-state index contributed by atoms with van der Waals surface area (Å²) in [6.07, 6.45) is -3.57. The van der Waals surface area contributed by atoms with Gasteiger partial charge in [0.2, 0.25) is 0 Å². The predicted molar refractivity (Wildman–Crippen MR) is 50.9 cm³/mol. The predicted octanol–water partition coefficient (Wildman–Crippen LogP) is 1.20. The summed E-state index contributed by atoms with van der Waals surface area (Å²) < 4.78 is 60.6. The Morgan fingerprint density at radius 3 is 2.20 bits per heavy atom. The molecule has 0 spiro atoms. The van der Waals surface area contributed by atoms with Crippen molar-refractivity contribution in [1.29, 1.82) is 0 Å². The second kappa shape index (κ2) is 4.65. The van der Waals surface area contributed by atoms with E-state index < -0.39 is 27.6 Å². The normalized spacial score (nSPS) is 15.5. The molecule has 0 unspecified atom stereocenters. The Kier molecular flexibility index (Phi) is 4.32. The Bertz CT molecular complexity index is 382. The Hall–Kier alpha value is -1.05. The standard InChI is InChI=1S/C7H11F3N2O2S/c1-3-5(7(8,9)10)4-6(11)12-15(2,13)14/h4H,3H2,1-2H3,(H2,11,12)/b5-4+. The molecule has 0 amide bonds. The van der Waals surface area contributed by atoms with Gasteiger partial charge < -0.3 is 5.73 Å². The van der Waals surface area contributed by atoms with Crippen molar-refractivity contribution in [1.82, 2.24) is 0 Å². The fourth-order valence-electron chi connectivity index (χ4n) is 0.781. The first kappa shape index (κ1) is 13.9. The monoisotopic (exact) mass is 244 g/mol. The van der Waals surface area contributed by atoms with Crippen molar-refractivity contribution in [2.45, 2.75) is 19.5 Å². The minimum Gasteiger partial charge on any atom is -0.383 e. The van der Waals surface area contributed by atoms with E-state index in [-0.39, 0.29) is 6.42 Å². The fraction of sp³-hybridized carbons (Fsp3) is 0.571. The molecule has 88 valence electrons. The minimum absolute atomic E-state index is 0.302. The summed E-state index contributed by atoms with van der Waals surface area (Å²) in [6.45, 7) is 1.28. The van der Waals surface area contributed by atoms with Crippen LogP contribution in [0.2, 0.25) is 0 Å². The summed E-state index contributed by atoms with van der Waals surface area (Å²) >= 11 is 0. The molecular formula is C7H11F3N2O2S. The first-order chi connectivity index (χ1) is 6.56. The molecule has 15 heavy (non-hydrogen) atoms. The van der Waals surface area contributed by atoms with Crippen molar-refractivity contribution >= 4 is 15.9 Å². The van der Waals surface area contributed by atoms with Crippen molar-refractivity contribution in [3.05, 3.63) is 11.6 Å². The summed E-state index contributed by atoms with van der Waals surface area (Å²) in [5, 5.41) is 0. The lowest BCUT2D eigenvalue weighted by molar-refractivity contribution is -0.0934. The number of hydrogen-bond acceptors (Lipinski definition) is 2. The van der Waals surface area contributed by atoms with Crippen LogP contribution in [0.5, 0.6) is 0 Å². The topological polar surface area (TPSA) is 72.5 Å². The molecule has 0 aromatic carbocycles. The van der Waals surface area contributed by atoms with Gasteiger partial charge in [0.05, 0.1) is 6.26 Å². The van der Waals surface area contributed by atoms with Gasteiger partial charge in [-0.25, -0.2) is 8.42 Å². The highest BCUT2D eigenvalue weighted by Crippen LogP contribution is 2.27. The van der Waals surface area contributed by atoms with Crippen molar-refractivity contribution < 1.29 is 21.6 Å². The summed E-state index contributed by atoms with van der Waals surface area (Å²) in [5.74, 6) is -0.674. The van der Waals surface area contributed by atoms with Crippen LogP contribution in [0.25, 0.3) is 0 Å². The zero-order valence-corrected chi connectivity index (χ0v) is 8.98. The third-order valence-corrected chi connectivity index (χ3v) is 1.88. The Labute approximate surface area is 85.7 Å². The minimum atomic E-state index is -4.52. The molecule has 0 fully saturated rings. The summed E-state index contributed by atoms with van der Waals surface area (Å²) in [6, 6.07) is 0. The summed E-state index contributed by atoms with van der Waals surface area (Å²) in [7, 11) is -3.77. The van der Waals surface area contributed by atoms with E-state index in [0.717, 1.165) is 6.26 Å². The molecule has 0 bridgehead atoms. The number of nitrogens with two attached hydrogens (primary N) is 1. The van der Waals surface area contributed by atoms with E-state index in [4.69, 9.17) is 5.73 Å². The van der Waals surface area contributed by atoms with E-state index in [1.807, 2.05) is 0 Å². The second-order valence-corrected chi connectivity index (χ2v) is 4.42. The zero-order valence-electron chi connectivity index (χ0n) is 8.17. The van der Waals surface area contributed by atoms with Crippen LogP contribution in [0, 0.1) is 0 Å². The van der Waals surface area contributed by atoms with Gasteiger partial charge in [-0.3, -0.25) is 0 Å². The highest BCUT2D eigenvalue weighted by Gasteiger charge is 2.32. The van der Waals surface area contributed by atoms with E-state index in [2.05, 4.69) is 4.40 Å². The van der Waals surface area contributed by atoms with Gasteiger partial charge in [0.1, 0.15) is 5.84 Å². The molecule has 0 aliphatic rings. The summed E-state index contributed by atoms with van der Waals surface area (Å²) in [4.78, 5) is 0. The number of alkyl halides is 3. The molecule has 0 aliphatic carbocycles. The SMILES string of the molecule is CC/C(=C\C(N)=NS(C)(=O)=O)C(F)(F)F. The molecule has 0 rings (SSSR count). The van der Waals surface area contributed by atoms with Crippen LogP contribution < -0.4 is 5.73 Å². The molecule has 0 saturated carbocycles. The van der Waals surface area contributed by atoms with Crippen LogP contribution >= 0.6 is 0 Å². The lowest BCUT2D eigenvalue weighted by Crippen LogP contribution is -2.17. The van der Waals surface area contributed by atoms with Gasteiger partial charge in [-0.05, 0) is 12.5 Å². The third kappa shape index (κ3) is 6.10. The van der Waals surface area contributed by atoms with Gasteiger partial charge >= 0.3 is 6.18 Å². The third-order valence-electron chi connectivity index (χ3n) is 1.34. The molecule has 0 heterocycles. The van der Waals surface area contributed by atoms with E-state index in [1.165, 1.54) is 6.92 Å². The van der Waals surface area contributed by atoms with Crippen molar-refractivity contribution in [3.8, 4) is 0 Å². The van der Waals surface area contributed by atoms with Crippen LogP contribution in [-0.4, -0.2) is 26.7 Å². The average Bonchev–Trinajstić information content (AvgIpc) is 1.94. The van der Waals surface area contributed by atoms with E-state index in [9.17, 15) is 21.6 Å². The highest BCUT2D eigenvalue weighted by atomic mass is 32.2. The number of halogens is 3. The van der Waals surface area contributed by atoms with Gasteiger partial charge in [-0.2, -0.15) is 13.2 Å². The maximum atomic E-state index is 12.2. The maximum absolute atomic E-state index is 12.2.